The largest absolute Gasteiger partial charge is 0.464 e. The molecule has 4 aromatic rings. The van der Waals surface area contributed by atoms with E-state index < -0.39 is 24.0 Å². The number of rotatable bonds is 15. The molecule has 0 amide bonds. The standard InChI is InChI=1S/C45H52N4O4/c1-29-11-5-6-17-36(29)35-25-39-30(12-4-2-3-7-22-52-44(50)41(48)27-46)13-9-18-38(39)40(26-35)34-15-8-14-31(23-34)32-20-21-37-33(24-32)16-10-19-43(37)53-45(51)42(49)28-47/h5-6,8-11,13-19,23-25,40-42H,2-4,7,12,20-22,26-28,46-49H2,1H3. The molecule has 0 fully saturated rings. The molecular weight excluding hydrogens is 661 g/mol. The first-order valence-corrected chi connectivity index (χ1v) is 18.9. The van der Waals surface area contributed by atoms with Gasteiger partial charge in [-0.15, -0.1) is 0 Å². The fourth-order valence-corrected chi connectivity index (χ4v) is 7.52. The van der Waals surface area contributed by atoms with Gasteiger partial charge < -0.3 is 32.4 Å². The van der Waals surface area contributed by atoms with Gasteiger partial charge in [0.15, 0.2) is 0 Å². The second-order valence-corrected chi connectivity index (χ2v) is 14.2. The van der Waals surface area contributed by atoms with Crippen molar-refractivity contribution in [3.63, 3.8) is 0 Å². The predicted octanol–water partition coefficient (Wildman–Crippen LogP) is 6.68. The lowest BCUT2D eigenvalue weighted by atomic mass is 9.75. The number of aryl methyl sites for hydroxylation is 2. The molecule has 8 nitrogen and oxygen atoms in total. The summed E-state index contributed by atoms with van der Waals surface area (Å²) in [6, 6.07) is 28.7. The number of ether oxygens (including phenoxy) is 2. The van der Waals surface area contributed by atoms with Crippen molar-refractivity contribution in [1.29, 1.82) is 0 Å². The third kappa shape index (κ3) is 9.03. The Bertz CT molecular complexity index is 2000. The molecule has 3 atom stereocenters. The number of esters is 2. The highest BCUT2D eigenvalue weighted by Crippen LogP contribution is 2.45. The summed E-state index contributed by atoms with van der Waals surface area (Å²) in [4.78, 5) is 24.2. The maximum Gasteiger partial charge on any atom is 0.329 e. The second kappa shape index (κ2) is 17.8. The van der Waals surface area contributed by atoms with E-state index in [0.29, 0.717) is 12.4 Å². The molecule has 0 spiro atoms. The molecule has 0 aliphatic heterocycles. The van der Waals surface area contributed by atoms with Crippen LogP contribution in [0.2, 0.25) is 0 Å². The molecule has 4 aromatic carbocycles. The number of hydrogen-bond acceptors (Lipinski definition) is 8. The zero-order valence-electron chi connectivity index (χ0n) is 30.7. The highest BCUT2D eigenvalue weighted by atomic mass is 16.5. The summed E-state index contributed by atoms with van der Waals surface area (Å²) in [7, 11) is 0. The first-order valence-electron chi connectivity index (χ1n) is 18.9. The van der Waals surface area contributed by atoms with E-state index >= 15 is 0 Å². The minimum Gasteiger partial charge on any atom is -0.464 e. The van der Waals surface area contributed by atoms with Crippen LogP contribution in [0, 0.1) is 6.92 Å². The van der Waals surface area contributed by atoms with Gasteiger partial charge in [-0.25, -0.2) is 4.79 Å². The summed E-state index contributed by atoms with van der Waals surface area (Å²) in [5, 5.41) is 0. The van der Waals surface area contributed by atoms with Gasteiger partial charge in [0.25, 0.3) is 0 Å². The Morgan fingerprint density at radius 1 is 0.774 bits per heavy atom. The number of carbonyl (C=O) groups excluding carboxylic acids is 2. The van der Waals surface area contributed by atoms with Crippen LogP contribution in [-0.4, -0.2) is 43.7 Å². The number of benzene rings is 4. The van der Waals surface area contributed by atoms with Gasteiger partial charge in [-0.05, 0) is 107 Å². The Morgan fingerprint density at radius 3 is 2.34 bits per heavy atom. The summed E-state index contributed by atoms with van der Waals surface area (Å²) < 4.78 is 10.9. The highest BCUT2D eigenvalue weighted by molar-refractivity contribution is 5.89. The first kappa shape index (κ1) is 37.9. The van der Waals surface area contributed by atoms with Crippen molar-refractivity contribution in [2.24, 2.45) is 22.9 Å². The number of allylic oxidation sites excluding steroid dienone is 2. The van der Waals surface area contributed by atoms with E-state index in [4.69, 9.17) is 32.4 Å². The van der Waals surface area contributed by atoms with Crippen LogP contribution in [0.5, 0.6) is 5.75 Å². The topological polar surface area (TPSA) is 157 Å². The molecule has 0 bridgehead atoms. The molecule has 8 N–H and O–H groups in total. The smallest absolute Gasteiger partial charge is 0.329 e. The fraction of sp³-hybridized carbons (Fsp3) is 0.333. The molecule has 3 unspecified atom stereocenters. The summed E-state index contributed by atoms with van der Waals surface area (Å²) >= 11 is 0. The van der Waals surface area contributed by atoms with E-state index in [1.165, 1.54) is 50.1 Å². The SMILES string of the molecule is Cc1ccccc1C1=Cc2c(CCCCCCOC(=O)C(N)CN)cccc2C(c2cccc(C3=Cc4cccc(OC(=O)C(N)CN)c4CC3)c2)C1. The van der Waals surface area contributed by atoms with E-state index in [0.717, 1.165) is 62.5 Å². The van der Waals surface area contributed by atoms with Crippen molar-refractivity contribution < 1.29 is 19.1 Å². The van der Waals surface area contributed by atoms with Gasteiger partial charge in [0.1, 0.15) is 17.8 Å². The lowest BCUT2D eigenvalue weighted by molar-refractivity contribution is -0.145. The van der Waals surface area contributed by atoms with E-state index in [1.807, 2.05) is 12.1 Å². The molecule has 0 saturated heterocycles. The number of unbranched alkanes of at least 4 members (excludes halogenated alkanes) is 3. The highest BCUT2D eigenvalue weighted by Gasteiger charge is 2.27. The molecule has 6 rings (SSSR count). The molecule has 2 aliphatic rings. The summed E-state index contributed by atoms with van der Waals surface area (Å²) in [6.45, 7) is 2.70. The van der Waals surface area contributed by atoms with E-state index in [9.17, 15) is 9.59 Å². The van der Waals surface area contributed by atoms with Crippen LogP contribution < -0.4 is 27.7 Å². The third-order valence-corrected chi connectivity index (χ3v) is 10.6. The van der Waals surface area contributed by atoms with Crippen LogP contribution in [0.1, 0.15) is 94.5 Å². The average Bonchev–Trinajstić information content (AvgIpc) is 3.19. The zero-order chi connectivity index (χ0) is 37.3. The number of hydrogen-bond donors (Lipinski definition) is 4. The fourth-order valence-electron chi connectivity index (χ4n) is 7.52. The maximum atomic E-state index is 12.4. The van der Waals surface area contributed by atoms with Gasteiger partial charge in [-0.1, -0.05) is 104 Å². The van der Waals surface area contributed by atoms with Gasteiger partial charge in [0.05, 0.1) is 6.61 Å². The molecule has 0 saturated carbocycles. The third-order valence-electron chi connectivity index (χ3n) is 10.6. The van der Waals surface area contributed by atoms with Gasteiger partial charge in [-0.3, -0.25) is 4.79 Å². The Kier molecular flexibility index (Phi) is 12.7. The zero-order valence-corrected chi connectivity index (χ0v) is 30.7. The Balaban J connectivity index is 1.24. The molecule has 0 aromatic heterocycles. The molecule has 276 valence electrons. The van der Waals surface area contributed by atoms with E-state index in [1.54, 1.807) is 0 Å². The van der Waals surface area contributed by atoms with Crippen LogP contribution in [0.15, 0.2) is 84.9 Å². The molecule has 53 heavy (non-hydrogen) atoms. The van der Waals surface area contributed by atoms with Gasteiger partial charge in [0, 0.05) is 24.6 Å². The molecular formula is C45H52N4O4. The normalized spacial score (nSPS) is 16.1. The van der Waals surface area contributed by atoms with E-state index in [-0.39, 0.29) is 19.0 Å². The van der Waals surface area contributed by atoms with Gasteiger partial charge in [-0.2, -0.15) is 0 Å². The van der Waals surface area contributed by atoms with Crippen molar-refractivity contribution in [2.45, 2.75) is 76.3 Å². The van der Waals surface area contributed by atoms with Crippen molar-refractivity contribution in [1.82, 2.24) is 0 Å². The Hall–Kier alpha value is -4.86. The summed E-state index contributed by atoms with van der Waals surface area (Å²) in [5.41, 5.74) is 36.4. The lowest BCUT2D eigenvalue weighted by Gasteiger charge is -2.29. The number of carbonyl (C=O) groups is 2. The monoisotopic (exact) mass is 712 g/mol. The van der Waals surface area contributed by atoms with E-state index in [2.05, 4.69) is 91.9 Å². The van der Waals surface area contributed by atoms with Crippen LogP contribution >= 0.6 is 0 Å². The summed E-state index contributed by atoms with van der Waals surface area (Å²) in [5.74, 6) is -0.181. The Morgan fingerprint density at radius 2 is 1.53 bits per heavy atom. The molecule has 0 radical (unpaired) electrons. The van der Waals surface area contributed by atoms with Crippen molar-refractivity contribution in [3.8, 4) is 5.75 Å². The van der Waals surface area contributed by atoms with Gasteiger partial charge >= 0.3 is 11.9 Å². The number of nitrogens with two attached hydrogens (primary N) is 4. The predicted molar refractivity (Wildman–Crippen MR) is 214 cm³/mol. The van der Waals surface area contributed by atoms with Crippen LogP contribution in [-0.2, 0) is 27.2 Å². The first-order chi connectivity index (χ1) is 25.8. The van der Waals surface area contributed by atoms with Crippen molar-refractivity contribution in [3.05, 3.63) is 135 Å². The molecule has 8 heteroatoms. The second-order valence-electron chi connectivity index (χ2n) is 14.2. The average molecular weight is 713 g/mol. The number of fused-ring (bicyclic) bond motifs is 2. The van der Waals surface area contributed by atoms with Crippen LogP contribution in [0.4, 0.5) is 0 Å². The van der Waals surface area contributed by atoms with Crippen LogP contribution in [0.3, 0.4) is 0 Å². The molecule has 2 aliphatic carbocycles. The summed E-state index contributed by atoms with van der Waals surface area (Å²) in [6.07, 6.45) is 12.0. The molecule has 0 heterocycles. The van der Waals surface area contributed by atoms with Gasteiger partial charge in [0.2, 0.25) is 0 Å². The van der Waals surface area contributed by atoms with Crippen molar-refractivity contribution in [2.75, 3.05) is 19.7 Å². The maximum absolute atomic E-state index is 12.4. The van der Waals surface area contributed by atoms with Crippen LogP contribution in [0.25, 0.3) is 23.3 Å². The van der Waals surface area contributed by atoms with Crippen molar-refractivity contribution >= 4 is 35.2 Å². The Labute approximate surface area is 313 Å². The quantitative estimate of drug-likeness (QED) is 0.0604. The lowest BCUT2D eigenvalue weighted by Crippen LogP contribution is -2.40. The minimum absolute atomic E-state index is 0.0391. The minimum atomic E-state index is -0.845.